The van der Waals surface area contributed by atoms with Gasteiger partial charge in [0.05, 0.1) is 0 Å². The number of imide groups is 1. The number of hydrogen-bond acceptors (Lipinski definition) is 5. The molecule has 1 aliphatic heterocycles. The summed E-state index contributed by atoms with van der Waals surface area (Å²) < 4.78 is 5.29. The Labute approximate surface area is 168 Å². The Morgan fingerprint density at radius 1 is 1.07 bits per heavy atom. The maximum atomic E-state index is 13.0. The summed E-state index contributed by atoms with van der Waals surface area (Å²) in [6.07, 6.45) is 0. The maximum absolute atomic E-state index is 13.0. The van der Waals surface area contributed by atoms with Crippen LogP contribution < -0.4 is 5.32 Å². The van der Waals surface area contributed by atoms with Crippen molar-refractivity contribution in [2.24, 2.45) is 0 Å². The van der Waals surface area contributed by atoms with Gasteiger partial charge < -0.3 is 9.84 Å². The van der Waals surface area contributed by atoms with Crippen molar-refractivity contribution in [2.75, 3.05) is 0 Å². The van der Waals surface area contributed by atoms with E-state index in [0.717, 1.165) is 16.0 Å². The zero-order chi connectivity index (χ0) is 20.6. The van der Waals surface area contributed by atoms with E-state index in [4.69, 9.17) is 4.52 Å². The van der Waals surface area contributed by atoms with Crippen molar-refractivity contribution in [1.82, 2.24) is 20.4 Å². The topological polar surface area (TPSA) is 88.3 Å². The molecule has 29 heavy (non-hydrogen) atoms. The first-order valence-corrected chi connectivity index (χ1v) is 9.51. The van der Waals surface area contributed by atoms with Gasteiger partial charge in [-0.3, -0.25) is 9.69 Å². The first-order chi connectivity index (χ1) is 13.9. The lowest BCUT2D eigenvalue weighted by Crippen LogP contribution is -2.40. The smallest absolute Gasteiger partial charge is 0.325 e. The van der Waals surface area contributed by atoms with E-state index in [-0.39, 0.29) is 18.3 Å². The minimum atomic E-state index is -1.12. The molecule has 1 N–H and O–H groups in total. The van der Waals surface area contributed by atoms with E-state index in [1.165, 1.54) is 5.56 Å². The van der Waals surface area contributed by atoms with Gasteiger partial charge in [-0.05, 0) is 24.0 Å². The van der Waals surface area contributed by atoms with E-state index in [0.29, 0.717) is 11.7 Å². The van der Waals surface area contributed by atoms with Crippen LogP contribution in [0.15, 0.2) is 59.1 Å². The Morgan fingerprint density at radius 2 is 1.76 bits per heavy atom. The molecule has 0 aliphatic carbocycles. The number of urea groups is 1. The van der Waals surface area contributed by atoms with Crippen molar-refractivity contribution < 1.29 is 14.1 Å². The molecule has 2 heterocycles. The van der Waals surface area contributed by atoms with Crippen molar-refractivity contribution in [3.8, 4) is 11.4 Å². The number of amides is 3. The summed E-state index contributed by atoms with van der Waals surface area (Å²) in [4.78, 5) is 30.9. The van der Waals surface area contributed by atoms with Gasteiger partial charge >= 0.3 is 6.03 Å². The zero-order valence-corrected chi connectivity index (χ0v) is 16.5. The molecule has 1 aromatic heterocycles. The molecule has 1 atom stereocenters. The summed E-state index contributed by atoms with van der Waals surface area (Å²) in [5, 5.41) is 6.76. The molecule has 1 fully saturated rings. The van der Waals surface area contributed by atoms with Gasteiger partial charge in [0.15, 0.2) is 0 Å². The number of aromatic nitrogens is 2. The predicted molar refractivity (Wildman–Crippen MR) is 107 cm³/mol. The molecule has 0 saturated carbocycles. The quantitative estimate of drug-likeness (QED) is 0.669. The Bertz CT molecular complexity index is 1040. The second-order valence-electron chi connectivity index (χ2n) is 7.60. The van der Waals surface area contributed by atoms with Crippen molar-refractivity contribution >= 4 is 11.9 Å². The molecule has 0 bridgehead atoms. The number of carbonyl (C=O) groups excluding carboxylic acids is 2. The summed E-state index contributed by atoms with van der Waals surface area (Å²) >= 11 is 0. The lowest BCUT2D eigenvalue weighted by molar-refractivity contribution is -0.131. The number of benzene rings is 2. The van der Waals surface area contributed by atoms with Crippen molar-refractivity contribution in [2.45, 2.75) is 38.8 Å². The highest BCUT2D eigenvalue weighted by Crippen LogP contribution is 2.29. The second-order valence-corrected chi connectivity index (χ2v) is 7.60. The van der Waals surface area contributed by atoms with Gasteiger partial charge in [-0.1, -0.05) is 73.6 Å². The Kier molecular flexibility index (Phi) is 4.66. The molecule has 148 valence electrons. The molecular formula is C22H22N4O3. The largest absolute Gasteiger partial charge is 0.337 e. The lowest BCUT2D eigenvalue weighted by Gasteiger charge is -2.21. The van der Waals surface area contributed by atoms with E-state index in [9.17, 15) is 9.59 Å². The first kappa shape index (κ1) is 18.9. The molecule has 7 nitrogen and oxygen atoms in total. The van der Waals surface area contributed by atoms with E-state index in [1.807, 2.05) is 54.6 Å². The summed E-state index contributed by atoms with van der Waals surface area (Å²) in [5.74, 6) is 0.708. The molecular weight excluding hydrogens is 368 g/mol. The van der Waals surface area contributed by atoms with Crippen LogP contribution in [0, 0.1) is 0 Å². The number of carbonyl (C=O) groups is 2. The first-order valence-electron chi connectivity index (χ1n) is 9.51. The monoisotopic (exact) mass is 390 g/mol. The fraction of sp³-hybridized carbons (Fsp3) is 0.273. The zero-order valence-electron chi connectivity index (χ0n) is 16.5. The second kappa shape index (κ2) is 7.16. The average molecular weight is 390 g/mol. The van der Waals surface area contributed by atoms with Crippen molar-refractivity contribution in [1.29, 1.82) is 0 Å². The van der Waals surface area contributed by atoms with Crippen LogP contribution in [0.1, 0.15) is 43.7 Å². The molecule has 0 radical (unpaired) electrons. The standard InChI is InChI=1S/C22H22N4O3/c1-14(2)15-9-11-16(12-10-15)19-23-18(29-25-19)13-26-20(27)22(3,24-21(26)28)17-7-5-4-6-8-17/h4-12,14H,13H2,1-3H3,(H,24,28). The minimum absolute atomic E-state index is 0.0792. The molecule has 2 aromatic carbocycles. The van der Waals surface area contributed by atoms with E-state index >= 15 is 0 Å². The van der Waals surface area contributed by atoms with Crippen molar-refractivity contribution in [3.63, 3.8) is 0 Å². The third kappa shape index (κ3) is 3.40. The molecule has 0 spiro atoms. The number of hydrogen-bond donors (Lipinski definition) is 1. The third-order valence-electron chi connectivity index (χ3n) is 5.22. The van der Waals surface area contributed by atoms with Gasteiger partial charge in [-0.15, -0.1) is 0 Å². The lowest BCUT2D eigenvalue weighted by atomic mass is 9.92. The fourth-order valence-electron chi connectivity index (χ4n) is 3.40. The molecule has 3 amide bonds. The van der Waals surface area contributed by atoms with Gasteiger partial charge in [0, 0.05) is 5.56 Å². The molecule has 4 rings (SSSR count). The highest BCUT2D eigenvalue weighted by molar-refractivity contribution is 6.07. The van der Waals surface area contributed by atoms with Crippen molar-refractivity contribution in [3.05, 3.63) is 71.6 Å². The highest BCUT2D eigenvalue weighted by atomic mass is 16.5. The van der Waals surface area contributed by atoms with Crippen LogP contribution in [-0.2, 0) is 16.9 Å². The third-order valence-corrected chi connectivity index (χ3v) is 5.22. The average Bonchev–Trinajstić information content (AvgIpc) is 3.28. The van der Waals surface area contributed by atoms with Gasteiger partial charge in [0.1, 0.15) is 12.1 Å². The SMILES string of the molecule is CC(C)c1ccc(-c2noc(CN3C(=O)NC(C)(c4ccccc4)C3=O)n2)cc1. The Hall–Kier alpha value is -3.48. The fourth-order valence-corrected chi connectivity index (χ4v) is 3.40. The molecule has 3 aromatic rings. The highest BCUT2D eigenvalue weighted by Gasteiger charge is 2.49. The molecule has 7 heteroatoms. The van der Waals surface area contributed by atoms with Crippen LogP contribution in [-0.4, -0.2) is 27.0 Å². The van der Waals surface area contributed by atoms with Crippen LogP contribution in [0.3, 0.4) is 0 Å². The Balaban J connectivity index is 1.53. The summed E-state index contributed by atoms with van der Waals surface area (Å²) in [5.41, 5.74) is 1.64. The molecule has 1 unspecified atom stereocenters. The predicted octanol–water partition coefficient (Wildman–Crippen LogP) is 3.83. The number of nitrogens with one attached hydrogen (secondary N) is 1. The molecule has 1 aliphatic rings. The van der Waals surface area contributed by atoms with E-state index in [2.05, 4.69) is 29.3 Å². The summed E-state index contributed by atoms with van der Waals surface area (Å²) in [6.45, 7) is 5.87. The minimum Gasteiger partial charge on any atom is -0.337 e. The summed E-state index contributed by atoms with van der Waals surface area (Å²) in [6, 6.07) is 16.6. The Morgan fingerprint density at radius 3 is 2.41 bits per heavy atom. The van der Waals surface area contributed by atoms with Crippen LogP contribution in [0.5, 0.6) is 0 Å². The number of rotatable bonds is 5. The number of nitrogens with zero attached hydrogens (tertiary/aromatic N) is 3. The van der Waals surface area contributed by atoms with Gasteiger partial charge in [-0.25, -0.2) is 4.79 Å². The van der Waals surface area contributed by atoms with Gasteiger partial charge in [0.25, 0.3) is 5.91 Å². The van der Waals surface area contributed by atoms with Gasteiger partial charge in [-0.2, -0.15) is 4.98 Å². The van der Waals surface area contributed by atoms with Crippen LogP contribution in [0.4, 0.5) is 4.79 Å². The van der Waals surface area contributed by atoms with E-state index in [1.54, 1.807) is 6.92 Å². The van der Waals surface area contributed by atoms with Crippen LogP contribution in [0.2, 0.25) is 0 Å². The summed E-state index contributed by atoms with van der Waals surface area (Å²) in [7, 11) is 0. The maximum Gasteiger partial charge on any atom is 0.325 e. The molecule has 1 saturated heterocycles. The van der Waals surface area contributed by atoms with Crippen LogP contribution in [0.25, 0.3) is 11.4 Å². The van der Waals surface area contributed by atoms with E-state index < -0.39 is 11.6 Å². The normalized spacial score (nSPS) is 19.1. The van der Waals surface area contributed by atoms with Crippen LogP contribution >= 0.6 is 0 Å². The van der Waals surface area contributed by atoms with Gasteiger partial charge in [0.2, 0.25) is 11.7 Å².